The zero-order chi connectivity index (χ0) is 36.0. The summed E-state index contributed by atoms with van der Waals surface area (Å²) in [5.41, 5.74) is 0.935. The summed E-state index contributed by atoms with van der Waals surface area (Å²) in [7, 11) is 1.38. The second-order valence-electron chi connectivity index (χ2n) is 15.4. The van der Waals surface area contributed by atoms with Gasteiger partial charge in [0, 0.05) is 44.1 Å². The Morgan fingerprint density at radius 1 is 0.863 bits per heavy atom. The molecule has 5 aliphatic rings. The molecule has 0 aromatic carbocycles. The van der Waals surface area contributed by atoms with Crippen LogP contribution in [0.25, 0.3) is 0 Å². The van der Waals surface area contributed by atoms with Gasteiger partial charge in [-0.25, -0.2) is 9.59 Å². The first kappa shape index (κ1) is 39.3. The van der Waals surface area contributed by atoms with Gasteiger partial charge in [-0.1, -0.05) is 56.2 Å². The number of cyclic esters (lactones) is 1. The van der Waals surface area contributed by atoms with Crippen LogP contribution in [0.5, 0.6) is 0 Å². The van der Waals surface area contributed by atoms with E-state index in [1.54, 1.807) is 6.08 Å². The lowest BCUT2D eigenvalue weighted by Gasteiger charge is -2.40. The second kappa shape index (κ2) is 20.3. The molecule has 5 rings (SSSR count). The van der Waals surface area contributed by atoms with Crippen LogP contribution < -0.4 is 5.32 Å². The fourth-order valence-electron chi connectivity index (χ4n) is 8.38. The number of carbonyl (C=O) groups is 3. The Morgan fingerprint density at radius 3 is 2.35 bits per heavy atom. The monoisotopic (exact) mass is 709 g/mol. The topological polar surface area (TPSA) is 107 Å². The van der Waals surface area contributed by atoms with Gasteiger partial charge in [0.15, 0.2) is 0 Å². The number of urea groups is 1. The second-order valence-corrected chi connectivity index (χ2v) is 15.4. The fraction of sp³-hybridized carbons (Fsp3) is 0.732. The van der Waals surface area contributed by atoms with E-state index in [-0.39, 0.29) is 54.7 Å². The first-order chi connectivity index (χ1) is 24.7. The predicted molar refractivity (Wildman–Crippen MR) is 198 cm³/mol. The Balaban J connectivity index is 1.14. The third kappa shape index (κ3) is 12.9. The highest BCUT2D eigenvalue weighted by atomic mass is 16.6. The van der Waals surface area contributed by atoms with Gasteiger partial charge in [0.1, 0.15) is 6.10 Å². The van der Waals surface area contributed by atoms with Crippen molar-refractivity contribution in [3.8, 4) is 0 Å². The smallest absolute Gasteiger partial charge is 0.330 e. The maximum Gasteiger partial charge on any atom is 0.330 e. The number of amides is 2. The van der Waals surface area contributed by atoms with Crippen molar-refractivity contribution in [2.75, 3.05) is 39.8 Å². The summed E-state index contributed by atoms with van der Waals surface area (Å²) in [6.45, 7) is 8.93. The van der Waals surface area contributed by atoms with E-state index >= 15 is 0 Å². The van der Waals surface area contributed by atoms with Gasteiger partial charge < -0.3 is 34.1 Å². The molecule has 7 unspecified atom stereocenters. The summed E-state index contributed by atoms with van der Waals surface area (Å²) in [4.78, 5) is 42.8. The van der Waals surface area contributed by atoms with E-state index in [2.05, 4.69) is 36.2 Å². The number of fused-ring (bicyclic) bond motifs is 4. The minimum atomic E-state index is -0.453. The van der Waals surface area contributed by atoms with Gasteiger partial charge in [0.25, 0.3) is 0 Å². The average molecular weight is 710 g/mol. The minimum absolute atomic E-state index is 0.0277. The summed E-state index contributed by atoms with van der Waals surface area (Å²) in [6, 6.07) is 0.652. The van der Waals surface area contributed by atoms with Crippen molar-refractivity contribution in [2.45, 2.75) is 140 Å². The highest BCUT2D eigenvalue weighted by molar-refractivity contribution is 5.82. The molecule has 5 aliphatic heterocycles. The third-order valence-electron chi connectivity index (χ3n) is 11.2. The van der Waals surface area contributed by atoms with Gasteiger partial charge >= 0.3 is 18.0 Å². The van der Waals surface area contributed by atoms with Crippen molar-refractivity contribution >= 4 is 18.0 Å². The molecule has 0 saturated carbocycles. The van der Waals surface area contributed by atoms with E-state index in [9.17, 15) is 14.4 Å². The number of methoxy groups -OCH3 is 1. The third-order valence-corrected chi connectivity index (χ3v) is 11.2. The zero-order valence-corrected chi connectivity index (χ0v) is 31.3. The van der Waals surface area contributed by atoms with Gasteiger partial charge in [-0.15, -0.1) is 0 Å². The number of hydrogen-bond donors (Lipinski definition) is 1. The Bertz CT molecular complexity index is 1250. The number of allylic oxidation sites excluding steroid dienone is 3. The number of nitrogens with one attached hydrogen (secondary N) is 1. The van der Waals surface area contributed by atoms with Crippen LogP contribution >= 0.6 is 0 Å². The number of nitrogens with zero attached hydrogens (tertiary/aromatic N) is 2. The molecule has 284 valence electrons. The van der Waals surface area contributed by atoms with Crippen LogP contribution in [-0.2, 0) is 28.5 Å². The molecule has 5 heterocycles. The molecule has 2 amide bonds. The molecule has 0 radical (unpaired) electrons. The van der Waals surface area contributed by atoms with Crippen molar-refractivity contribution in [3.63, 3.8) is 0 Å². The lowest BCUT2D eigenvalue weighted by atomic mass is 9.89. The Kier molecular flexibility index (Phi) is 15.7. The molecule has 4 bridgehead atoms. The average Bonchev–Trinajstić information content (AvgIpc) is 3.13. The van der Waals surface area contributed by atoms with Gasteiger partial charge in [0.2, 0.25) is 0 Å². The summed E-state index contributed by atoms with van der Waals surface area (Å²) in [5.74, 6) is -0.428. The molecule has 7 atom stereocenters. The van der Waals surface area contributed by atoms with Crippen molar-refractivity contribution in [1.82, 2.24) is 15.1 Å². The van der Waals surface area contributed by atoms with E-state index in [1.165, 1.54) is 39.5 Å². The van der Waals surface area contributed by atoms with Gasteiger partial charge in [-0.05, 0) is 95.7 Å². The van der Waals surface area contributed by atoms with Gasteiger partial charge in [0.05, 0.1) is 37.9 Å². The van der Waals surface area contributed by atoms with Crippen LogP contribution in [0.15, 0.2) is 48.1 Å². The molecule has 51 heavy (non-hydrogen) atoms. The first-order valence-corrected chi connectivity index (χ1v) is 19.8. The SMILES string of the molecule is COC(=O)/C=C1\CC2CC(=O)OC(/C=C/C=C\CCNC(=O)N3CCC(N4CCCCC4)CC3)C(C)/C=C/C(C)CC3CCCC(CC(C1)O2)O3. The van der Waals surface area contributed by atoms with Gasteiger partial charge in [-0.3, -0.25) is 4.79 Å². The summed E-state index contributed by atoms with van der Waals surface area (Å²) >= 11 is 0. The normalized spacial score (nSPS) is 33.6. The number of carbonyl (C=O) groups excluding carboxylic acids is 3. The van der Waals surface area contributed by atoms with E-state index < -0.39 is 6.10 Å². The summed E-state index contributed by atoms with van der Waals surface area (Å²) in [5, 5.41) is 3.08. The summed E-state index contributed by atoms with van der Waals surface area (Å²) < 4.78 is 24.0. The Labute approximate surface area is 306 Å². The minimum Gasteiger partial charge on any atom is -0.466 e. The molecule has 0 aliphatic carbocycles. The zero-order valence-electron chi connectivity index (χ0n) is 31.3. The molecule has 10 heteroatoms. The van der Waals surface area contributed by atoms with Crippen LogP contribution in [-0.4, -0.2) is 104 Å². The Hall–Kier alpha value is -2.95. The van der Waals surface area contributed by atoms with Crippen LogP contribution in [0.3, 0.4) is 0 Å². The van der Waals surface area contributed by atoms with Gasteiger partial charge in [-0.2, -0.15) is 0 Å². The molecule has 4 saturated heterocycles. The van der Waals surface area contributed by atoms with E-state index in [1.807, 2.05) is 29.2 Å². The lowest BCUT2D eigenvalue weighted by Crippen LogP contribution is -2.50. The highest BCUT2D eigenvalue weighted by Gasteiger charge is 2.33. The van der Waals surface area contributed by atoms with E-state index in [0.717, 1.165) is 63.6 Å². The largest absolute Gasteiger partial charge is 0.466 e. The Morgan fingerprint density at radius 2 is 1.59 bits per heavy atom. The van der Waals surface area contributed by atoms with Crippen LogP contribution in [0.2, 0.25) is 0 Å². The van der Waals surface area contributed by atoms with Crippen molar-refractivity contribution in [2.24, 2.45) is 11.8 Å². The lowest BCUT2D eigenvalue weighted by molar-refractivity contribution is -0.154. The van der Waals surface area contributed by atoms with Crippen LogP contribution in [0.1, 0.15) is 104 Å². The van der Waals surface area contributed by atoms with Crippen molar-refractivity contribution < 1.29 is 33.3 Å². The molecule has 0 aromatic rings. The molecular formula is C41H63N3O7. The van der Waals surface area contributed by atoms with Crippen LogP contribution in [0.4, 0.5) is 4.79 Å². The van der Waals surface area contributed by atoms with Crippen LogP contribution in [0, 0.1) is 11.8 Å². The molecular weight excluding hydrogens is 646 g/mol. The highest BCUT2D eigenvalue weighted by Crippen LogP contribution is 2.34. The molecule has 4 fully saturated rings. The first-order valence-electron chi connectivity index (χ1n) is 19.8. The number of likely N-dealkylation sites (tertiary alicyclic amines) is 2. The van der Waals surface area contributed by atoms with Crippen molar-refractivity contribution in [3.05, 3.63) is 48.1 Å². The van der Waals surface area contributed by atoms with Crippen molar-refractivity contribution in [1.29, 1.82) is 0 Å². The predicted octanol–water partition coefficient (Wildman–Crippen LogP) is 6.66. The van der Waals surface area contributed by atoms with E-state index in [4.69, 9.17) is 18.9 Å². The number of rotatable bonds is 7. The molecule has 10 nitrogen and oxygen atoms in total. The number of ether oxygens (including phenoxy) is 4. The number of piperidine rings is 2. The number of esters is 2. The summed E-state index contributed by atoms with van der Waals surface area (Å²) in [6.07, 6.45) is 26.0. The maximum absolute atomic E-state index is 13.4. The standard InChI is InChI=1S/C41H63N3O7/c1-30-15-16-31(2)38(14-7-4-5-8-19-42-41(47)44-22-17-33(18-23-44)43-20-9-6-10-21-43)51-40(46)29-37-26-32(27-39(45)48-3)25-36(50-37)28-35-13-11-12-34(24-30)49-35/h4-5,7,14-16,27,30-31,33-38H,6,8-13,17-26,28-29H2,1-3H3,(H,42,47)/b5-4-,14-7+,16-15+,32-27-. The molecule has 1 N–H and O–H groups in total. The van der Waals surface area contributed by atoms with E-state index in [0.29, 0.717) is 37.8 Å². The maximum atomic E-state index is 13.4. The fourth-order valence-corrected chi connectivity index (χ4v) is 8.38. The molecule has 0 aromatic heterocycles. The molecule has 0 spiro atoms. The number of hydrogen-bond acceptors (Lipinski definition) is 8. The quantitative estimate of drug-likeness (QED) is 0.103.